The quantitative estimate of drug-likeness (QED) is 0.428. The zero-order chi connectivity index (χ0) is 24.9. The number of hydrogen-bond donors (Lipinski definition) is 2. The van der Waals surface area contributed by atoms with Crippen molar-refractivity contribution in [2.45, 2.75) is 16.2 Å². The molecule has 12 heteroatoms. The van der Waals surface area contributed by atoms with Crippen molar-refractivity contribution in [2.75, 3.05) is 18.4 Å². The van der Waals surface area contributed by atoms with E-state index >= 15 is 0 Å². The number of nitrogens with two attached hydrogens (primary N) is 1. The van der Waals surface area contributed by atoms with Gasteiger partial charge in [-0.3, -0.25) is 4.79 Å². The van der Waals surface area contributed by atoms with Crippen molar-refractivity contribution in [1.82, 2.24) is 4.31 Å². The lowest BCUT2D eigenvalue weighted by molar-refractivity contribution is -0.116. The number of benzene rings is 3. The van der Waals surface area contributed by atoms with Gasteiger partial charge in [0.1, 0.15) is 4.90 Å². The van der Waals surface area contributed by atoms with Gasteiger partial charge in [0, 0.05) is 17.3 Å². The Hall–Kier alpha value is -2.47. The molecule has 0 radical (unpaired) electrons. The van der Waals surface area contributed by atoms with Gasteiger partial charge in [0.2, 0.25) is 26.0 Å². The summed E-state index contributed by atoms with van der Waals surface area (Å²) in [6.45, 7) is -0.498. The second kappa shape index (κ2) is 10.9. The maximum Gasteiger partial charge on any atom is 0.245 e. The molecule has 0 saturated carbocycles. The minimum atomic E-state index is -4.18. The van der Waals surface area contributed by atoms with E-state index in [4.69, 9.17) is 28.3 Å². The Labute approximate surface area is 208 Å². The Kier molecular flexibility index (Phi) is 8.34. The summed E-state index contributed by atoms with van der Waals surface area (Å²) in [5.74, 6) is -0.627. The van der Waals surface area contributed by atoms with E-state index in [2.05, 4.69) is 5.32 Å². The van der Waals surface area contributed by atoms with Crippen molar-refractivity contribution in [3.8, 4) is 0 Å². The summed E-state index contributed by atoms with van der Waals surface area (Å²) in [5.41, 5.74) is 1.16. The molecule has 0 unspecified atom stereocenters. The van der Waals surface area contributed by atoms with Gasteiger partial charge in [-0.25, -0.2) is 22.0 Å². The average Bonchev–Trinajstić information content (AvgIpc) is 2.78. The first-order valence-electron chi connectivity index (χ1n) is 9.88. The molecule has 34 heavy (non-hydrogen) atoms. The van der Waals surface area contributed by atoms with E-state index in [1.165, 1.54) is 42.5 Å². The number of rotatable bonds is 9. The zero-order valence-electron chi connectivity index (χ0n) is 17.7. The highest BCUT2D eigenvalue weighted by Crippen LogP contribution is 2.28. The van der Waals surface area contributed by atoms with E-state index in [-0.39, 0.29) is 32.1 Å². The van der Waals surface area contributed by atoms with Crippen LogP contribution >= 0.6 is 23.2 Å². The zero-order valence-corrected chi connectivity index (χ0v) is 20.8. The average molecular weight is 542 g/mol. The Balaban J connectivity index is 1.84. The van der Waals surface area contributed by atoms with Gasteiger partial charge in [0.05, 0.1) is 16.5 Å². The molecule has 0 atom stereocenters. The highest BCUT2D eigenvalue weighted by Gasteiger charge is 2.29. The SMILES string of the molecule is NS(=O)(=O)c1ccc(NC(=O)CN(CCc2ccccc2)S(=O)(=O)c2cc(Cl)ccc2Cl)cc1. The molecule has 180 valence electrons. The van der Waals surface area contributed by atoms with Crippen molar-refractivity contribution in [2.24, 2.45) is 5.14 Å². The number of carbonyl (C=O) groups excluding carboxylic acids is 1. The predicted octanol–water partition coefficient (Wildman–Crippen LogP) is 3.51. The molecule has 3 aromatic rings. The lowest BCUT2D eigenvalue weighted by Gasteiger charge is -2.22. The van der Waals surface area contributed by atoms with Crippen LogP contribution in [0.3, 0.4) is 0 Å². The molecule has 0 bridgehead atoms. The first-order valence-corrected chi connectivity index (χ1v) is 13.6. The van der Waals surface area contributed by atoms with Crippen LogP contribution in [0.2, 0.25) is 10.0 Å². The third kappa shape index (κ3) is 6.78. The molecule has 0 aliphatic carbocycles. The smallest absolute Gasteiger partial charge is 0.245 e. The molecular formula is C22H21Cl2N3O5S2. The number of nitrogens with one attached hydrogen (secondary N) is 1. The van der Waals surface area contributed by atoms with Crippen molar-refractivity contribution < 1.29 is 21.6 Å². The number of primary sulfonamides is 1. The molecule has 0 aliphatic heterocycles. The summed E-state index contributed by atoms with van der Waals surface area (Å²) in [6, 6.07) is 18.5. The number of nitrogens with zero attached hydrogens (tertiary/aromatic N) is 1. The molecule has 8 nitrogen and oxygen atoms in total. The maximum atomic E-state index is 13.4. The largest absolute Gasteiger partial charge is 0.325 e. The van der Waals surface area contributed by atoms with Crippen LogP contribution in [0.4, 0.5) is 5.69 Å². The van der Waals surface area contributed by atoms with Gasteiger partial charge < -0.3 is 5.32 Å². The molecule has 0 spiro atoms. The van der Waals surface area contributed by atoms with Crippen LogP contribution in [0.25, 0.3) is 0 Å². The molecule has 3 aromatic carbocycles. The summed E-state index contributed by atoms with van der Waals surface area (Å²) < 4.78 is 50.6. The van der Waals surface area contributed by atoms with Crippen LogP contribution < -0.4 is 10.5 Å². The number of carbonyl (C=O) groups is 1. The van der Waals surface area contributed by atoms with Crippen LogP contribution in [0.1, 0.15) is 5.56 Å². The topological polar surface area (TPSA) is 127 Å². The van der Waals surface area contributed by atoms with Crippen LogP contribution in [0.5, 0.6) is 0 Å². The monoisotopic (exact) mass is 541 g/mol. The first-order chi connectivity index (χ1) is 16.0. The van der Waals surface area contributed by atoms with Gasteiger partial charge in [0.15, 0.2) is 0 Å². The van der Waals surface area contributed by atoms with Gasteiger partial charge in [-0.05, 0) is 54.4 Å². The van der Waals surface area contributed by atoms with Gasteiger partial charge in [-0.2, -0.15) is 4.31 Å². The fourth-order valence-electron chi connectivity index (χ4n) is 3.09. The van der Waals surface area contributed by atoms with Crippen LogP contribution in [-0.2, 0) is 31.3 Å². The number of hydrogen-bond acceptors (Lipinski definition) is 5. The lowest BCUT2D eigenvalue weighted by Crippen LogP contribution is -2.39. The minimum absolute atomic E-state index is 0.00691. The second-order valence-corrected chi connectivity index (χ2v) is 11.6. The fraction of sp³-hybridized carbons (Fsp3) is 0.136. The molecule has 3 N–H and O–H groups in total. The van der Waals surface area contributed by atoms with Crippen molar-refractivity contribution in [3.63, 3.8) is 0 Å². The van der Waals surface area contributed by atoms with E-state index < -0.39 is 32.5 Å². The number of sulfonamides is 2. The predicted molar refractivity (Wildman–Crippen MR) is 132 cm³/mol. The molecule has 1 amide bonds. The molecule has 3 rings (SSSR count). The lowest BCUT2D eigenvalue weighted by atomic mass is 10.1. The van der Waals surface area contributed by atoms with Gasteiger partial charge in [0.25, 0.3) is 0 Å². The van der Waals surface area contributed by atoms with Gasteiger partial charge in [-0.1, -0.05) is 53.5 Å². The van der Waals surface area contributed by atoms with E-state index in [1.54, 1.807) is 0 Å². The van der Waals surface area contributed by atoms with E-state index in [0.717, 1.165) is 9.87 Å². The standard InChI is InChI=1S/C22H21Cl2N3O5S2/c23-17-6-11-20(24)21(14-17)34(31,32)27(13-12-16-4-2-1-3-5-16)15-22(28)26-18-7-9-19(10-8-18)33(25,29)30/h1-11,14H,12-13,15H2,(H,26,28)(H2,25,29,30). The van der Waals surface area contributed by atoms with Gasteiger partial charge in [-0.15, -0.1) is 0 Å². The van der Waals surface area contributed by atoms with E-state index in [9.17, 15) is 21.6 Å². The Bertz CT molecular complexity index is 1380. The maximum absolute atomic E-state index is 13.4. The first kappa shape index (κ1) is 26.1. The number of anilines is 1. The third-order valence-electron chi connectivity index (χ3n) is 4.79. The van der Waals surface area contributed by atoms with Crippen molar-refractivity contribution in [1.29, 1.82) is 0 Å². The molecule has 0 aromatic heterocycles. The fourth-order valence-corrected chi connectivity index (χ4v) is 5.73. The highest BCUT2D eigenvalue weighted by atomic mass is 35.5. The van der Waals surface area contributed by atoms with Crippen LogP contribution in [-0.4, -0.2) is 40.1 Å². The summed E-state index contributed by atoms with van der Waals surface area (Å²) >= 11 is 12.1. The van der Waals surface area contributed by atoms with Crippen molar-refractivity contribution in [3.05, 3.63) is 88.4 Å². The summed E-state index contributed by atoms with van der Waals surface area (Å²) in [7, 11) is -8.06. The Morgan fingerprint density at radius 2 is 1.56 bits per heavy atom. The number of halogens is 2. The normalized spacial score (nSPS) is 12.0. The molecule has 0 saturated heterocycles. The summed E-state index contributed by atoms with van der Waals surface area (Å²) in [4.78, 5) is 12.4. The van der Waals surface area contributed by atoms with Crippen molar-refractivity contribution >= 4 is 54.8 Å². The van der Waals surface area contributed by atoms with E-state index in [1.807, 2.05) is 30.3 Å². The van der Waals surface area contributed by atoms with Crippen LogP contribution in [0.15, 0.2) is 82.6 Å². The van der Waals surface area contributed by atoms with Crippen LogP contribution in [0, 0.1) is 0 Å². The molecule has 0 fully saturated rings. The highest BCUT2D eigenvalue weighted by molar-refractivity contribution is 7.89. The van der Waals surface area contributed by atoms with E-state index in [0.29, 0.717) is 6.42 Å². The Morgan fingerprint density at radius 3 is 2.18 bits per heavy atom. The second-order valence-electron chi connectivity index (χ2n) is 7.27. The molecule has 0 heterocycles. The van der Waals surface area contributed by atoms with Gasteiger partial charge >= 0.3 is 0 Å². The Morgan fingerprint density at radius 1 is 0.912 bits per heavy atom. The third-order valence-corrected chi connectivity index (χ3v) is 8.28. The molecular weight excluding hydrogens is 521 g/mol. The minimum Gasteiger partial charge on any atom is -0.325 e. The molecule has 0 aliphatic rings. The summed E-state index contributed by atoms with van der Waals surface area (Å²) in [5, 5.41) is 7.80. The number of amides is 1. The summed E-state index contributed by atoms with van der Waals surface area (Å²) in [6.07, 6.45) is 0.356.